The molecule has 0 unspecified atom stereocenters. The summed E-state index contributed by atoms with van der Waals surface area (Å²) >= 11 is 0. The lowest BCUT2D eigenvalue weighted by Gasteiger charge is -2.26. The van der Waals surface area contributed by atoms with Crippen molar-refractivity contribution in [1.82, 2.24) is 4.90 Å². The Hall–Kier alpha value is -4.30. The highest BCUT2D eigenvalue weighted by molar-refractivity contribution is 6.46. The van der Waals surface area contributed by atoms with Crippen LogP contribution in [0.2, 0.25) is 0 Å². The highest BCUT2D eigenvalue weighted by Gasteiger charge is 2.46. The Morgan fingerprint density at radius 1 is 1.02 bits per heavy atom. The van der Waals surface area contributed by atoms with E-state index in [-0.39, 0.29) is 24.0 Å². The number of amides is 1. The molecule has 2 heterocycles. The molecule has 8 heteroatoms. The zero-order chi connectivity index (χ0) is 28.9. The highest BCUT2D eigenvalue weighted by Crippen LogP contribution is 2.43. The number of aliphatic hydroxyl groups is 1. The van der Waals surface area contributed by atoms with Gasteiger partial charge in [0.1, 0.15) is 24.2 Å². The highest BCUT2D eigenvalue weighted by atomic mass is 16.5. The third-order valence-corrected chi connectivity index (χ3v) is 7.28. The molecule has 1 N–H and O–H groups in total. The second kappa shape index (κ2) is 12.5. The number of hydrogen-bond donors (Lipinski definition) is 1. The number of likely N-dealkylation sites (tertiary alicyclic amines) is 1. The van der Waals surface area contributed by atoms with Crippen molar-refractivity contribution in [2.24, 2.45) is 0 Å². The number of hydrogen-bond acceptors (Lipinski definition) is 7. The molecule has 3 aromatic rings. The van der Waals surface area contributed by atoms with Crippen molar-refractivity contribution >= 4 is 17.4 Å². The average Bonchev–Trinajstić information content (AvgIpc) is 3.48. The quantitative estimate of drug-likeness (QED) is 0.145. The second-order valence-electron chi connectivity index (χ2n) is 10.2. The minimum Gasteiger partial charge on any atom is -0.507 e. The molecule has 0 spiro atoms. The molecule has 1 fully saturated rings. The first-order chi connectivity index (χ1) is 19.9. The summed E-state index contributed by atoms with van der Waals surface area (Å²) in [7, 11) is 1.59. The van der Waals surface area contributed by atoms with Crippen molar-refractivity contribution in [3.05, 3.63) is 94.6 Å². The third-order valence-electron chi connectivity index (χ3n) is 7.28. The number of benzene rings is 3. The van der Waals surface area contributed by atoms with Gasteiger partial charge >= 0.3 is 0 Å². The zero-order valence-electron chi connectivity index (χ0n) is 23.6. The van der Waals surface area contributed by atoms with Gasteiger partial charge in [-0.3, -0.25) is 9.59 Å². The molecule has 2 aliphatic rings. The van der Waals surface area contributed by atoms with E-state index >= 15 is 0 Å². The number of ether oxygens (including phenoxy) is 4. The van der Waals surface area contributed by atoms with Crippen LogP contribution in [0.15, 0.2) is 72.3 Å². The molecule has 5 rings (SSSR count). The Balaban J connectivity index is 1.55. The number of methoxy groups -OCH3 is 1. The van der Waals surface area contributed by atoms with E-state index in [0.29, 0.717) is 55.3 Å². The summed E-state index contributed by atoms with van der Waals surface area (Å²) in [4.78, 5) is 28.3. The SMILES string of the molecule is CCOc1cc([C@H]2/C(=C(\O)c3ccc4c(c3)C[C@H](C)O4)C(=O)C(=O)N2CCCOC)ccc1OCc1ccccc1. The maximum absolute atomic E-state index is 13.4. The van der Waals surface area contributed by atoms with Gasteiger partial charge in [-0.2, -0.15) is 0 Å². The van der Waals surface area contributed by atoms with E-state index in [4.69, 9.17) is 18.9 Å². The van der Waals surface area contributed by atoms with Gasteiger partial charge in [-0.25, -0.2) is 0 Å². The van der Waals surface area contributed by atoms with Crippen LogP contribution in [0.3, 0.4) is 0 Å². The molecular weight excluding hydrogens is 522 g/mol. The van der Waals surface area contributed by atoms with Gasteiger partial charge in [0.2, 0.25) is 0 Å². The first-order valence-corrected chi connectivity index (χ1v) is 13.9. The van der Waals surface area contributed by atoms with Gasteiger partial charge in [-0.05, 0) is 67.3 Å². The molecule has 3 aromatic carbocycles. The Bertz CT molecular complexity index is 1450. The molecule has 0 saturated carbocycles. The molecule has 0 aromatic heterocycles. The standard InChI is InChI=1S/C33H35NO7/c1-4-39-28-19-23(11-14-27(28)40-20-22-9-6-5-7-10-22)30-29(32(36)33(37)34(30)15-8-16-38-3)31(35)24-12-13-26-25(18-24)17-21(2)41-26/h5-7,9-14,18-19,21,30,35H,4,8,15-17,20H2,1-3H3/b31-29+/t21-,30-/m0/s1. The number of ketones is 1. The zero-order valence-corrected chi connectivity index (χ0v) is 23.6. The van der Waals surface area contributed by atoms with Crippen molar-refractivity contribution < 1.29 is 33.6 Å². The van der Waals surface area contributed by atoms with Gasteiger partial charge in [0.25, 0.3) is 11.7 Å². The van der Waals surface area contributed by atoms with E-state index in [9.17, 15) is 14.7 Å². The van der Waals surface area contributed by atoms with Crippen molar-refractivity contribution in [2.45, 2.75) is 45.4 Å². The van der Waals surface area contributed by atoms with Gasteiger partial charge in [0.15, 0.2) is 11.5 Å². The number of carbonyl (C=O) groups excluding carboxylic acids is 2. The van der Waals surface area contributed by atoms with Crippen LogP contribution in [0, 0.1) is 0 Å². The molecule has 0 bridgehead atoms. The van der Waals surface area contributed by atoms with Gasteiger partial charge in [-0.1, -0.05) is 36.4 Å². The predicted molar refractivity (Wildman–Crippen MR) is 154 cm³/mol. The number of aliphatic hydroxyl groups excluding tert-OH is 1. The first-order valence-electron chi connectivity index (χ1n) is 13.9. The van der Waals surface area contributed by atoms with Crippen LogP contribution in [-0.2, 0) is 27.4 Å². The summed E-state index contributed by atoms with van der Waals surface area (Å²) in [6.07, 6.45) is 1.27. The largest absolute Gasteiger partial charge is 0.507 e. The lowest BCUT2D eigenvalue weighted by Crippen LogP contribution is -2.31. The topological polar surface area (TPSA) is 94.5 Å². The smallest absolute Gasteiger partial charge is 0.295 e. The normalized spacial score (nSPS) is 19.2. The van der Waals surface area contributed by atoms with E-state index in [0.717, 1.165) is 16.9 Å². The first kappa shape index (κ1) is 28.2. The van der Waals surface area contributed by atoms with Crippen LogP contribution < -0.4 is 14.2 Å². The molecule has 0 radical (unpaired) electrons. The number of fused-ring (bicyclic) bond motifs is 1. The van der Waals surface area contributed by atoms with Crippen molar-refractivity contribution in [1.29, 1.82) is 0 Å². The summed E-state index contributed by atoms with van der Waals surface area (Å²) < 4.78 is 23.0. The lowest BCUT2D eigenvalue weighted by molar-refractivity contribution is -0.140. The van der Waals surface area contributed by atoms with Gasteiger partial charge in [0, 0.05) is 32.2 Å². The van der Waals surface area contributed by atoms with Crippen LogP contribution in [-0.4, -0.2) is 54.7 Å². The van der Waals surface area contributed by atoms with E-state index in [1.165, 1.54) is 4.90 Å². The van der Waals surface area contributed by atoms with Crippen LogP contribution in [0.25, 0.3) is 5.76 Å². The summed E-state index contributed by atoms with van der Waals surface area (Å²) in [6, 6.07) is 19.7. The van der Waals surface area contributed by atoms with Gasteiger partial charge < -0.3 is 29.0 Å². The predicted octanol–water partition coefficient (Wildman–Crippen LogP) is 5.45. The molecule has 214 valence electrons. The minimum atomic E-state index is -0.808. The fourth-order valence-corrected chi connectivity index (χ4v) is 5.38. The van der Waals surface area contributed by atoms with Crippen molar-refractivity contribution in [2.75, 3.05) is 26.9 Å². The van der Waals surface area contributed by atoms with Gasteiger partial charge in [-0.15, -0.1) is 0 Å². The van der Waals surface area contributed by atoms with Crippen LogP contribution in [0.4, 0.5) is 0 Å². The van der Waals surface area contributed by atoms with Gasteiger partial charge in [0.05, 0.1) is 18.2 Å². The molecule has 2 atom stereocenters. The number of rotatable bonds is 11. The van der Waals surface area contributed by atoms with E-state index in [1.807, 2.05) is 56.3 Å². The summed E-state index contributed by atoms with van der Waals surface area (Å²) in [5, 5.41) is 11.5. The summed E-state index contributed by atoms with van der Waals surface area (Å²) in [6.45, 7) is 5.32. The van der Waals surface area contributed by atoms with Crippen molar-refractivity contribution in [3.63, 3.8) is 0 Å². The Morgan fingerprint density at radius 2 is 1.83 bits per heavy atom. The molecule has 1 amide bonds. The molecular formula is C33H35NO7. The van der Waals surface area contributed by atoms with E-state index in [1.54, 1.807) is 31.4 Å². The Morgan fingerprint density at radius 3 is 2.59 bits per heavy atom. The number of carbonyl (C=O) groups is 2. The fourth-order valence-electron chi connectivity index (χ4n) is 5.38. The maximum atomic E-state index is 13.4. The molecule has 0 aliphatic carbocycles. The summed E-state index contributed by atoms with van der Waals surface area (Å²) in [5.74, 6) is 0.200. The minimum absolute atomic E-state index is 0.0355. The Kier molecular flexibility index (Phi) is 8.59. The average molecular weight is 558 g/mol. The number of Topliss-reactive ketones (excluding diaryl/α,β-unsaturated/α-hetero) is 1. The molecule has 2 aliphatic heterocycles. The number of nitrogens with zero attached hydrogens (tertiary/aromatic N) is 1. The van der Waals surface area contributed by atoms with Crippen LogP contribution in [0.5, 0.6) is 17.2 Å². The Labute approximate surface area is 240 Å². The van der Waals surface area contributed by atoms with E-state index < -0.39 is 17.7 Å². The second-order valence-corrected chi connectivity index (χ2v) is 10.2. The van der Waals surface area contributed by atoms with E-state index in [2.05, 4.69) is 0 Å². The fraction of sp³-hybridized carbons (Fsp3) is 0.333. The monoisotopic (exact) mass is 557 g/mol. The molecule has 8 nitrogen and oxygen atoms in total. The van der Waals surface area contributed by atoms with Crippen molar-refractivity contribution in [3.8, 4) is 17.2 Å². The summed E-state index contributed by atoms with van der Waals surface area (Å²) in [5.41, 5.74) is 3.11. The maximum Gasteiger partial charge on any atom is 0.295 e. The molecule has 41 heavy (non-hydrogen) atoms. The molecule has 1 saturated heterocycles. The van der Waals surface area contributed by atoms with Crippen LogP contribution >= 0.6 is 0 Å². The third kappa shape index (κ3) is 5.93. The lowest BCUT2D eigenvalue weighted by atomic mass is 9.94. The van der Waals surface area contributed by atoms with Crippen LogP contribution in [0.1, 0.15) is 48.6 Å².